The van der Waals surface area contributed by atoms with Crippen molar-refractivity contribution in [2.45, 2.75) is 60.0 Å². The second kappa shape index (κ2) is 10.9. The van der Waals surface area contributed by atoms with Gasteiger partial charge >= 0.3 is 5.97 Å². The highest BCUT2D eigenvalue weighted by Gasteiger charge is 2.33. The summed E-state index contributed by atoms with van der Waals surface area (Å²) < 4.78 is 19.5. The lowest BCUT2D eigenvalue weighted by molar-refractivity contribution is -0.141. The summed E-state index contributed by atoms with van der Waals surface area (Å²) in [5.74, 6) is -0.410. The van der Waals surface area contributed by atoms with Crippen LogP contribution >= 0.6 is 0 Å². The Morgan fingerprint density at radius 3 is 2.45 bits per heavy atom. The van der Waals surface area contributed by atoms with Gasteiger partial charge in [0.15, 0.2) is 11.6 Å². The van der Waals surface area contributed by atoms with Crippen LogP contribution in [0.2, 0.25) is 0 Å². The standard InChI is InChI=1S/C32H34N2O6/c1-7-34-29-13-9-22(20(3)33-40-21(4)35)15-28(29)27-11-8-23(16-30(27)34)31(36)26-12-10-24(14-19(26)2)37-17-25-18-38-32(5,6)39-25/h8-16,25H,7,17-18H2,1-6H3/b33-20-. The Morgan fingerprint density at radius 2 is 1.77 bits per heavy atom. The van der Waals surface area contributed by atoms with Crippen molar-refractivity contribution in [1.82, 2.24) is 4.57 Å². The molecule has 1 saturated heterocycles. The lowest BCUT2D eigenvalue weighted by Gasteiger charge is -2.17. The number of hydrogen-bond acceptors (Lipinski definition) is 7. The van der Waals surface area contributed by atoms with E-state index in [0.717, 1.165) is 39.5 Å². The first-order chi connectivity index (χ1) is 19.1. The topological polar surface area (TPSA) is 88.4 Å². The number of nitrogens with zero attached hydrogens (tertiary/aromatic N) is 2. The van der Waals surface area contributed by atoms with Gasteiger partial charge < -0.3 is 23.6 Å². The van der Waals surface area contributed by atoms with Crippen LogP contribution in [0.4, 0.5) is 0 Å². The molecule has 0 aliphatic carbocycles. The second-order valence-corrected chi connectivity index (χ2v) is 10.5. The Morgan fingerprint density at radius 1 is 1.00 bits per heavy atom. The Bertz CT molecular complexity index is 1650. The molecule has 208 valence electrons. The molecule has 8 heteroatoms. The molecule has 40 heavy (non-hydrogen) atoms. The van der Waals surface area contributed by atoms with Gasteiger partial charge in [-0.15, -0.1) is 0 Å². The zero-order valence-electron chi connectivity index (χ0n) is 23.7. The summed E-state index contributed by atoms with van der Waals surface area (Å²) >= 11 is 0. The molecule has 0 radical (unpaired) electrons. The molecule has 1 aliphatic rings. The van der Waals surface area contributed by atoms with E-state index in [1.807, 2.05) is 75.4 Å². The zero-order chi connectivity index (χ0) is 28.6. The number of rotatable bonds is 8. The maximum atomic E-state index is 13.6. The molecule has 0 bridgehead atoms. The van der Waals surface area contributed by atoms with Gasteiger partial charge in [-0.1, -0.05) is 23.4 Å². The molecule has 8 nitrogen and oxygen atoms in total. The summed E-state index contributed by atoms with van der Waals surface area (Å²) in [6.07, 6.45) is -0.130. The number of benzene rings is 3. The third kappa shape index (κ3) is 5.50. The van der Waals surface area contributed by atoms with Crippen LogP contribution in [-0.4, -0.2) is 47.1 Å². The van der Waals surface area contributed by atoms with E-state index in [1.54, 1.807) is 6.92 Å². The minimum atomic E-state index is -0.592. The smallest absolute Gasteiger partial charge is 0.331 e. The molecule has 1 aliphatic heterocycles. The normalized spacial score (nSPS) is 16.9. The van der Waals surface area contributed by atoms with Crippen LogP contribution in [0.15, 0.2) is 59.8 Å². The van der Waals surface area contributed by atoms with Crippen LogP contribution in [0, 0.1) is 6.92 Å². The minimum Gasteiger partial charge on any atom is -0.491 e. The molecule has 2 heterocycles. The number of oxime groups is 1. The monoisotopic (exact) mass is 542 g/mol. The van der Waals surface area contributed by atoms with E-state index in [1.165, 1.54) is 6.92 Å². The fraction of sp³-hybridized carbons (Fsp3) is 0.344. The maximum absolute atomic E-state index is 13.6. The number of aryl methyl sites for hydroxylation is 2. The number of ketones is 1. The van der Waals surface area contributed by atoms with Crippen molar-refractivity contribution in [3.63, 3.8) is 0 Å². The van der Waals surface area contributed by atoms with Crippen molar-refractivity contribution in [3.8, 4) is 5.75 Å². The third-order valence-corrected chi connectivity index (χ3v) is 7.12. The average molecular weight is 543 g/mol. The van der Waals surface area contributed by atoms with Crippen molar-refractivity contribution in [2.24, 2.45) is 5.16 Å². The first-order valence-corrected chi connectivity index (χ1v) is 13.4. The second-order valence-electron chi connectivity index (χ2n) is 10.5. The van der Waals surface area contributed by atoms with Crippen molar-refractivity contribution in [1.29, 1.82) is 0 Å². The van der Waals surface area contributed by atoms with Gasteiger partial charge in [0, 0.05) is 46.4 Å². The molecule has 1 unspecified atom stereocenters. The van der Waals surface area contributed by atoms with Crippen LogP contribution in [0.1, 0.15) is 61.7 Å². The molecule has 0 N–H and O–H groups in total. The maximum Gasteiger partial charge on any atom is 0.331 e. The summed E-state index contributed by atoms with van der Waals surface area (Å²) in [6.45, 7) is 12.5. The fourth-order valence-corrected chi connectivity index (χ4v) is 5.16. The lowest BCUT2D eigenvalue weighted by atomic mass is 9.97. The summed E-state index contributed by atoms with van der Waals surface area (Å²) in [5.41, 5.74) is 5.60. The summed E-state index contributed by atoms with van der Waals surface area (Å²) in [4.78, 5) is 29.6. The van der Waals surface area contributed by atoms with Crippen LogP contribution < -0.4 is 4.74 Å². The third-order valence-electron chi connectivity index (χ3n) is 7.12. The van der Waals surface area contributed by atoms with Gasteiger partial charge in [0.2, 0.25) is 0 Å². The number of aromatic nitrogens is 1. The SMILES string of the molecule is CCn1c2ccc(/C(C)=N\OC(C)=O)cc2c2ccc(C(=O)c3ccc(OCC4COC(C)(C)O4)cc3C)cc21. The van der Waals surface area contributed by atoms with Gasteiger partial charge in [0.1, 0.15) is 18.5 Å². The molecular formula is C32H34N2O6. The molecule has 5 rings (SSSR count). The highest BCUT2D eigenvalue weighted by Crippen LogP contribution is 2.32. The van der Waals surface area contributed by atoms with Crippen LogP contribution in [0.5, 0.6) is 5.75 Å². The molecule has 1 atom stereocenters. The zero-order valence-corrected chi connectivity index (χ0v) is 23.7. The fourth-order valence-electron chi connectivity index (χ4n) is 5.16. The molecule has 0 spiro atoms. The number of carbonyl (C=O) groups excluding carboxylic acids is 2. The average Bonchev–Trinajstić information content (AvgIpc) is 3.44. The molecule has 0 saturated carbocycles. The molecule has 1 aromatic heterocycles. The number of carbonyl (C=O) groups is 2. The van der Waals surface area contributed by atoms with Crippen LogP contribution in [0.3, 0.4) is 0 Å². The van der Waals surface area contributed by atoms with E-state index in [9.17, 15) is 9.59 Å². The highest BCUT2D eigenvalue weighted by molar-refractivity contribution is 6.15. The van der Waals surface area contributed by atoms with Gasteiger partial charge in [-0.25, -0.2) is 4.79 Å². The summed E-state index contributed by atoms with van der Waals surface area (Å²) in [5, 5.41) is 6.01. The quantitative estimate of drug-likeness (QED) is 0.115. The van der Waals surface area contributed by atoms with Crippen molar-refractivity contribution in [3.05, 3.63) is 76.9 Å². The Balaban J connectivity index is 1.41. The Hall–Kier alpha value is -4.01. The molecule has 1 fully saturated rings. The Labute approximate surface area is 233 Å². The molecule has 0 amide bonds. The van der Waals surface area contributed by atoms with Gasteiger partial charge in [-0.3, -0.25) is 4.79 Å². The predicted octanol–water partition coefficient (Wildman–Crippen LogP) is 6.17. The van der Waals surface area contributed by atoms with Crippen LogP contribution in [-0.2, 0) is 25.7 Å². The van der Waals surface area contributed by atoms with Crippen molar-refractivity contribution < 1.29 is 28.6 Å². The van der Waals surface area contributed by atoms with E-state index in [4.69, 9.17) is 19.0 Å². The Kier molecular flexibility index (Phi) is 7.49. The largest absolute Gasteiger partial charge is 0.491 e. The minimum absolute atomic E-state index is 0.0433. The van der Waals surface area contributed by atoms with Crippen molar-refractivity contribution in [2.75, 3.05) is 13.2 Å². The molecule has 3 aromatic carbocycles. The van der Waals surface area contributed by atoms with Gasteiger partial charge in [0.05, 0.1) is 12.3 Å². The molecule has 4 aromatic rings. The van der Waals surface area contributed by atoms with E-state index in [-0.39, 0.29) is 11.9 Å². The highest BCUT2D eigenvalue weighted by atomic mass is 16.7. The number of ether oxygens (including phenoxy) is 3. The number of hydrogen-bond donors (Lipinski definition) is 0. The van der Waals surface area contributed by atoms with Gasteiger partial charge in [-0.05, 0) is 82.1 Å². The van der Waals surface area contributed by atoms with E-state index in [2.05, 4.69) is 16.6 Å². The van der Waals surface area contributed by atoms with E-state index in [0.29, 0.717) is 35.8 Å². The first-order valence-electron chi connectivity index (χ1n) is 13.4. The van der Waals surface area contributed by atoms with Gasteiger partial charge in [0.25, 0.3) is 0 Å². The van der Waals surface area contributed by atoms with E-state index < -0.39 is 11.8 Å². The lowest BCUT2D eigenvalue weighted by Crippen LogP contribution is -2.25. The molecular weight excluding hydrogens is 508 g/mol. The van der Waals surface area contributed by atoms with Crippen LogP contribution in [0.25, 0.3) is 21.8 Å². The summed E-state index contributed by atoms with van der Waals surface area (Å²) in [7, 11) is 0. The van der Waals surface area contributed by atoms with E-state index >= 15 is 0 Å². The number of fused-ring (bicyclic) bond motifs is 3. The first kappa shape index (κ1) is 27.6. The van der Waals surface area contributed by atoms with Crippen molar-refractivity contribution >= 4 is 39.3 Å². The van der Waals surface area contributed by atoms with Gasteiger partial charge in [-0.2, -0.15) is 0 Å². The predicted molar refractivity (Wildman–Crippen MR) is 154 cm³/mol. The summed E-state index contributed by atoms with van der Waals surface area (Å²) in [6, 6.07) is 17.4.